The van der Waals surface area contributed by atoms with Gasteiger partial charge in [-0.1, -0.05) is 191 Å². The summed E-state index contributed by atoms with van der Waals surface area (Å²) in [5, 5.41) is 2.52. The smallest absolute Gasteiger partial charge is 0.0714 e. The first-order chi connectivity index (χ1) is 28.0. The second kappa shape index (κ2) is 12.3. The van der Waals surface area contributed by atoms with Crippen LogP contribution in [0.25, 0.3) is 55.3 Å². The van der Waals surface area contributed by atoms with Gasteiger partial charge >= 0.3 is 0 Å². The van der Waals surface area contributed by atoms with Gasteiger partial charge in [0, 0.05) is 27.6 Å². The number of hydrogen-bond acceptors (Lipinski definition) is 1. The van der Waals surface area contributed by atoms with E-state index in [0.29, 0.717) is 0 Å². The van der Waals surface area contributed by atoms with Crippen LogP contribution in [0.5, 0.6) is 0 Å². The Kier molecular flexibility index (Phi) is 7.19. The Bertz CT molecular complexity index is 3020. The highest BCUT2D eigenvalue weighted by Crippen LogP contribution is 2.64. The van der Waals surface area contributed by atoms with E-state index in [-0.39, 0.29) is 5.41 Å². The molecule has 0 saturated carbocycles. The number of nitrogens with zero attached hydrogens (tertiary/aromatic N) is 1. The standard InChI is InChI=1S/C56H41N/c1-5-18-37(6-2)56(38-19-9-7-10-20-38)49-27-16-14-24-45(49)53-50(56)34-32-44-43-31-30-40(36-29-33-48-46(35-36)41-23-13-15-26-47(41)55(48,3)4)42-25-17-28-51(52(42)43)57(54(44)53)39-21-11-8-12-22-39/h5-35H,1-2H2,3-4H3/b37-18+. The van der Waals surface area contributed by atoms with Crippen LogP contribution in [0, 0.1) is 0 Å². The summed E-state index contributed by atoms with van der Waals surface area (Å²) in [5.74, 6) is 0. The molecule has 0 aromatic heterocycles. The lowest BCUT2D eigenvalue weighted by atomic mass is 9.67. The molecule has 8 aromatic carbocycles. The summed E-state index contributed by atoms with van der Waals surface area (Å²) in [6, 6.07) is 63.2. The molecular weight excluding hydrogens is 687 g/mol. The lowest BCUT2D eigenvalue weighted by Gasteiger charge is -2.37. The molecule has 1 heteroatoms. The van der Waals surface area contributed by atoms with Gasteiger partial charge in [0.2, 0.25) is 0 Å². The summed E-state index contributed by atoms with van der Waals surface area (Å²) in [6.07, 6.45) is 6.05. The molecule has 0 saturated heterocycles. The maximum atomic E-state index is 4.39. The molecule has 0 amide bonds. The molecule has 1 heterocycles. The Morgan fingerprint density at radius 3 is 1.95 bits per heavy atom. The van der Waals surface area contributed by atoms with E-state index in [0.717, 1.165) is 11.3 Å². The van der Waals surface area contributed by atoms with E-state index in [9.17, 15) is 0 Å². The highest BCUT2D eigenvalue weighted by molar-refractivity contribution is 6.20. The second-order valence-electron chi connectivity index (χ2n) is 16.1. The molecule has 1 nitrogen and oxygen atoms in total. The quantitative estimate of drug-likeness (QED) is 0.154. The van der Waals surface area contributed by atoms with Gasteiger partial charge in [-0.05, 0) is 96.4 Å². The monoisotopic (exact) mass is 727 g/mol. The summed E-state index contributed by atoms with van der Waals surface area (Å²) in [7, 11) is 0. The molecule has 3 aliphatic rings. The first-order valence-corrected chi connectivity index (χ1v) is 19.9. The maximum Gasteiger partial charge on any atom is 0.0714 e. The lowest BCUT2D eigenvalue weighted by molar-refractivity contribution is 0.660. The van der Waals surface area contributed by atoms with Gasteiger partial charge in [0.1, 0.15) is 0 Å². The molecule has 11 rings (SSSR count). The number of benzene rings is 8. The SMILES string of the molecule is C=C/C=C(\C=C)C1(c2ccccc2)c2ccccc2-c2c1ccc1c2N(c2ccccc2)c2cccc3c(-c4ccc5c(c4)-c4ccccc4C5(C)C)ccc-1c23. The zero-order valence-electron chi connectivity index (χ0n) is 32.3. The van der Waals surface area contributed by atoms with Crippen LogP contribution in [0.15, 0.2) is 207 Å². The van der Waals surface area contributed by atoms with Gasteiger partial charge in [0.15, 0.2) is 0 Å². The zero-order chi connectivity index (χ0) is 38.5. The number of rotatable bonds is 6. The predicted octanol–water partition coefficient (Wildman–Crippen LogP) is 14.9. The van der Waals surface area contributed by atoms with E-state index in [1.54, 1.807) is 0 Å². The average molecular weight is 728 g/mol. The first-order valence-electron chi connectivity index (χ1n) is 19.9. The van der Waals surface area contributed by atoms with Crippen molar-refractivity contribution in [3.63, 3.8) is 0 Å². The van der Waals surface area contributed by atoms with Crippen molar-refractivity contribution in [1.29, 1.82) is 0 Å². The fourth-order valence-electron chi connectivity index (χ4n) is 10.7. The Labute approximate surface area is 335 Å². The summed E-state index contributed by atoms with van der Waals surface area (Å²) < 4.78 is 0. The van der Waals surface area contributed by atoms with Crippen molar-refractivity contribution in [1.82, 2.24) is 0 Å². The topological polar surface area (TPSA) is 3.24 Å². The van der Waals surface area contributed by atoms with Crippen molar-refractivity contribution < 1.29 is 0 Å². The lowest BCUT2D eigenvalue weighted by Crippen LogP contribution is -2.29. The molecule has 57 heavy (non-hydrogen) atoms. The van der Waals surface area contributed by atoms with Crippen LogP contribution >= 0.6 is 0 Å². The van der Waals surface area contributed by atoms with E-state index in [2.05, 4.69) is 208 Å². The summed E-state index contributed by atoms with van der Waals surface area (Å²) >= 11 is 0. The van der Waals surface area contributed by atoms with Crippen molar-refractivity contribution in [2.75, 3.05) is 4.90 Å². The van der Waals surface area contributed by atoms with Crippen molar-refractivity contribution in [3.8, 4) is 44.5 Å². The predicted molar refractivity (Wildman–Crippen MR) is 241 cm³/mol. The average Bonchev–Trinajstić information content (AvgIpc) is 3.69. The van der Waals surface area contributed by atoms with E-state index >= 15 is 0 Å². The molecule has 0 N–H and O–H groups in total. The van der Waals surface area contributed by atoms with E-state index in [1.165, 1.54) is 94.5 Å². The van der Waals surface area contributed by atoms with Gasteiger partial charge in [-0.15, -0.1) is 0 Å². The van der Waals surface area contributed by atoms with Gasteiger partial charge in [0.05, 0.1) is 16.8 Å². The normalized spacial score (nSPS) is 16.7. The molecule has 1 aliphatic heterocycles. The molecule has 1 unspecified atom stereocenters. The molecule has 1 atom stereocenters. The Morgan fingerprint density at radius 1 is 0.526 bits per heavy atom. The Balaban J connectivity index is 1.22. The molecule has 0 bridgehead atoms. The molecular formula is C56H41N. The minimum atomic E-state index is -0.586. The van der Waals surface area contributed by atoms with E-state index in [1.807, 2.05) is 12.2 Å². The minimum absolute atomic E-state index is 0.0326. The third-order valence-corrected chi connectivity index (χ3v) is 13.0. The number of hydrogen-bond donors (Lipinski definition) is 0. The largest absolute Gasteiger partial charge is 0.309 e. The van der Waals surface area contributed by atoms with Crippen LogP contribution in [0.3, 0.4) is 0 Å². The van der Waals surface area contributed by atoms with Crippen molar-refractivity contribution in [3.05, 3.63) is 235 Å². The van der Waals surface area contributed by atoms with Crippen LogP contribution < -0.4 is 4.90 Å². The van der Waals surface area contributed by atoms with Gasteiger partial charge in [0.25, 0.3) is 0 Å². The molecule has 270 valence electrons. The second-order valence-corrected chi connectivity index (χ2v) is 16.1. The van der Waals surface area contributed by atoms with Gasteiger partial charge in [-0.25, -0.2) is 0 Å². The minimum Gasteiger partial charge on any atom is -0.309 e. The van der Waals surface area contributed by atoms with Crippen molar-refractivity contribution >= 4 is 27.8 Å². The number of para-hydroxylation sites is 1. The van der Waals surface area contributed by atoms with Gasteiger partial charge in [-0.2, -0.15) is 0 Å². The highest BCUT2D eigenvalue weighted by Gasteiger charge is 2.49. The first kappa shape index (κ1) is 33.4. The van der Waals surface area contributed by atoms with Crippen LogP contribution in [0.4, 0.5) is 17.1 Å². The van der Waals surface area contributed by atoms with Crippen LogP contribution in [0.2, 0.25) is 0 Å². The fraction of sp³-hybridized carbons (Fsp3) is 0.0714. The maximum absolute atomic E-state index is 4.39. The highest BCUT2D eigenvalue weighted by atomic mass is 15.2. The van der Waals surface area contributed by atoms with Crippen molar-refractivity contribution in [2.45, 2.75) is 24.7 Å². The van der Waals surface area contributed by atoms with Gasteiger partial charge < -0.3 is 4.90 Å². The van der Waals surface area contributed by atoms with Crippen LogP contribution in [-0.2, 0) is 10.8 Å². The Hall–Kier alpha value is -6.96. The zero-order valence-corrected chi connectivity index (χ0v) is 32.3. The molecule has 0 fully saturated rings. The van der Waals surface area contributed by atoms with Crippen LogP contribution in [-0.4, -0.2) is 0 Å². The number of fused-ring (bicyclic) bond motifs is 9. The molecule has 0 radical (unpaired) electrons. The van der Waals surface area contributed by atoms with E-state index < -0.39 is 5.41 Å². The number of anilines is 3. The Morgan fingerprint density at radius 2 is 1.18 bits per heavy atom. The van der Waals surface area contributed by atoms with Gasteiger partial charge in [-0.3, -0.25) is 0 Å². The molecule has 2 aliphatic carbocycles. The summed E-state index contributed by atoms with van der Waals surface area (Å²) in [4.78, 5) is 2.53. The summed E-state index contributed by atoms with van der Waals surface area (Å²) in [6.45, 7) is 13.2. The molecule has 8 aromatic rings. The summed E-state index contributed by atoms with van der Waals surface area (Å²) in [5.41, 5.74) is 20.6. The fourth-order valence-corrected chi connectivity index (χ4v) is 10.7. The number of allylic oxidation sites excluding steroid dienone is 4. The third kappa shape index (κ3) is 4.40. The molecule has 0 spiro atoms. The van der Waals surface area contributed by atoms with E-state index in [4.69, 9.17) is 0 Å². The third-order valence-electron chi connectivity index (χ3n) is 13.0. The van der Waals surface area contributed by atoms with Crippen LogP contribution in [0.1, 0.15) is 41.7 Å². The van der Waals surface area contributed by atoms with Crippen molar-refractivity contribution in [2.24, 2.45) is 0 Å².